The molecule has 0 aliphatic heterocycles. The van der Waals surface area contributed by atoms with Crippen molar-refractivity contribution in [1.82, 2.24) is 0 Å². The SMILES string of the molecule is O=C(COC(=O)c1cc([N+](=O)[O-])cc([N+](=O)[O-])c1)c1ccc([N+](=O)[O-])cc1. The Labute approximate surface area is 149 Å². The number of hydrogen-bond acceptors (Lipinski definition) is 9. The highest BCUT2D eigenvalue weighted by molar-refractivity contribution is 5.99. The molecule has 2 rings (SSSR count). The molecule has 0 radical (unpaired) electrons. The van der Waals surface area contributed by atoms with Gasteiger partial charge in [0, 0.05) is 29.8 Å². The molecule has 0 saturated heterocycles. The average Bonchev–Trinajstić information content (AvgIpc) is 2.65. The van der Waals surface area contributed by atoms with Crippen LogP contribution in [0.25, 0.3) is 0 Å². The number of Topliss-reactive ketones (excluding diaryl/α,β-unsaturated/α-hetero) is 1. The highest BCUT2D eigenvalue weighted by Gasteiger charge is 2.21. The Kier molecular flexibility index (Phi) is 5.50. The first-order chi connectivity index (χ1) is 12.7. The normalized spacial score (nSPS) is 10.1. The van der Waals surface area contributed by atoms with Crippen LogP contribution in [0.4, 0.5) is 17.1 Å². The van der Waals surface area contributed by atoms with E-state index in [0.29, 0.717) is 6.07 Å². The molecule has 12 heteroatoms. The summed E-state index contributed by atoms with van der Waals surface area (Å²) in [5.41, 5.74) is -2.02. The fourth-order valence-corrected chi connectivity index (χ4v) is 1.99. The highest BCUT2D eigenvalue weighted by atomic mass is 16.6. The Balaban J connectivity index is 2.13. The van der Waals surface area contributed by atoms with Gasteiger partial charge in [-0.3, -0.25) is 35.1 Å². The zero-order chi connectivity index (χ0) is 20.1. The Hall–Kier alpha value is -4.22. The summed E-state index contributed by atoms with van der Waals surface area (Å²) in [6, 6.07) is 6.78. The lowest BCUT2D eigenvalue weighted by atomic mass is 10.1. The third kappa shape index (κ3) is 4.66. The number of hydrogen-bond donors (Lipinski definition) is 0. The minimum absolute atomic E-state index is 0.0402. The topological polar surface area (TPSA) is 173 Å². The number of rotatable bonds is 7. The van der Waals surface area contributed by atoms with Crippen molar-refractivity contribution in [2.75, 3.05) is 6.61 Å². The fourth-order valence-electron chi connectivity index (χ4n) is 1.99. The van der Waals surface area contributed by atoms with Gasteiger partial charge in [0.25, 0.3) is 17.1 Å². The molecule has 0 unspecified atom stereocenters. The van der Waals surface area contributed by atoms with Crippen molar-refractivity contribution in [3.05, 3.63) is 83.9 Å². The monoisotopic (exact) mass is 375 g/mol. The molecule has 0 spiro atoms. The number of nitro groups is 3. The maximum absolute atomic E-state index is 12.0. The molecule has 0 aliphatic carbocycles. The van der Waals surface area contributed by atoms with Crippen molar-refractivity contribution in [2.24, 2.45) is 0 Å². The fraction of sp³-hybridized carbons (Fsp3) is 0.0667. The van der Waals surface area contributed by atoms with Crippen LogP contribution >= 0.6 is 0 Å². The molecule has 0 aliphatic rings. The first kappa shape index (κ1) is 19.1. The zero-order valence-electron chi connectivity index (χ0n) is 13.3. The lowest BCUT2D eigenvalue weighted by Crippen LogP contribution is -2.14. The summed E-state index contributed by atoms with van der Waals surface area (Å²) in [6.07, 6.45) is 0. The number of ether oxygens (including phenoxy) is 1. The molecule has 0 amide bonds. The van der Waals surface area contributed by atoms with Crippen LogP contribution in [0.1, 0.15) is 20.7 Å². The van der Waals surface area contributed by atoms with Gasteiger partial charge in [0.15, 0.2) is 12.4 Å². The zero-order valence-corrected chi connectivity index (χ0v) is 13.3. The molecular formula is C15H9N3O9. The van der Waals surface area contributed by atoms with Crippen LogP contribution in [-0.2, 0) is 4.74 Å². The van der Waals surface area contributed by atoms with Gasteiger partial charge in [0.1, 0.15) is 0 Å². The van der Waals surface area contributed by atoms with Crippen molar-refractivity contribution in [2.45, 2.75) is 0 Å². The van der Waals surface area contributed by atoms with E-state index in [1.807, 2.05) is 0 Å². The average molecular weight is 375 g/mol. The summed E-state index contributed by atoms with van der Waals surface area (Å²) >= 11 is 0. The molecule has 0 fully saturated rings. The summed E-state index contributed by atoms with van der Waals surface area (Å²) in [6.45, 7) is -0.757. The van der Waals surface area contributed by atoms with Gasteiger partial charge in [-0.15, -0.1) is 0 Å². The van der Waals surface area contributed by atoms with Crippen LogP contribution in [0.5, 0.6) is 0 Å². The van der Waals surface area contributed by atoms with Crippen LogP contribution in [0.2, 0.25) is 0 Å². The van der Waals surface area contributed by atoms with Gasteiger partial charge in [0.05, 0.1) is 26.4 Å². The van der Waals surface area contributed by atoms with Crippen LogP contribution in [0.15, 0.2) is 42.5 Å². The lowest BCUT2D eigenvalue weighted by Gasteiger charge is -2.05. The number of carbonyl (C=O) groups excluding carboxylic acids is 2. The third-order valence-corrected chi connectivity index (χ3v) is 3.29. The Morgan fingerprint density at radius 2 is 1.22 bits per heavy atom. The molecule has 12 nitrogen and oxygen atoms in total. The van der Waals surface area contributed by atoms with Gasteiger partial charge in [-0.2, -0.15) is 0 Å². The Morgan fingerprint density at radius 3 is 1.67 bits per heavy atom. The molecule has 0 atom stereocenters. The minimum Gasteiger partial charge on any atom is -0.454 e. The number of benzene rings is 2. The van der Waals surface area contributed by atoms with Gasteiger partial charge < -0.3 is 4.74 Å². The second kappa shape index (κ2) is 7.77. The minimum atomic E-state index is -1.17. The molecule has 0 saturated carbocycles. The van der Waals surface area contributed by atoms with E-state index in [1.165, 1.54) is 12.1 Å². The maximum atomic E-state index is 12.0. The first-order valence-corrected chi connectivity index (χ1v) is 7.07. The summed E-state index contributed by atoms with van der Waals surface area (Å²) in [5, 5.41) is 32.2. The van der Waals surface area contributed by atoms with E-state index < -0.39 is 50.1 Å². The van der Waals surface area contributed by atoms with Gasteiger partial charge in [-0.25, -0.2) is 4.79 Å². The number of carbonyl (C=O) groups is 2. The number of non-ortho nitro benzene ring substituents is 3. The van der Waals surface area contributed by atoms with Crippen molar-refractivity contribution in [1.29, 1.82) is 0 Å². The predicted molar refractivity (Wildman–Crippen MR) is 87.5 cm³/mol. The Bertz CT molecular complexity index is 921. The van der Waals surface area contributed by atoms with Gasteiger partial charge >= 0.3 is 5.97 Å². The van der Waals surface area contributed by atoms with Crippen LogP contribution in [0.3, 0.4) is 0 Å². The quantitative estimate of drug-likeness (QED) is 0.305. The third-order valence-electron chi connectivity index (χ3n) is 3.29. The van der Waals surface area contributed by atoms with E-state index in [-0.39, 0.29) is 11.3 Å². The van der Waals surface area contributed by atoms with Crippen LogP contribution in [-0.4, -0.2) is 33.1 Å². The second-order valence-corrected chi connectivity index (χ2v) is 5.06. The number of nitro benzene ring substituents is 3. The molecular weight excluding hydrogens is 366 g/mol. The number of esters is 1. The lowest BCUT2D eigenvalue weighted by molar-refractivity contribution is -0.394. The van der Waals surface area contributed by atoms with E-state index in [0.717, 1.165) is 24.3 Å². The molecule has 0 aromatic heterocycles. The summed E-state index contributed by atoms with van der Waals surface area (Å²) in [7, 11) is 0. The van der Waals surface area contributed by atoms with Gasteiger partial charge in [-0.1, -0.05) is 0 Å². The number of ketones is 1. The molecule has 0 N–H and O–H groups in total. The van der Waals surface area contributed by atoms with Crippen molar-refractivity contribution >= 4 is 28.8 Å². The van der Waals surface area contributed by atoms with Gasteiger partial charge in [0.2, 0.25) is 0 Å². The summed E-state index contributed by atoms with van der Waals surface area (Å²) in [5.74, 6) is -1.85. The van der Waals surface area contributed by atoms with E-state index in [4.69, 9.17) is 4.74 Å². The van der Waals surface area contributed by atoms with E-state index in [1.54, 1.807) is 0 Å². The van der Waals surface area contributed by atoms with Crippen LogP contribution < -0.4 is 0 Å². The number of nitrogens with zero attached hydrogens (tertiary/aromatic N) is 3. The van der Waals surface area contributed by atoms with Crippen LogP contribution in [0, 0.1) is 30.3 Å². The summed E-state index contributed by atoms with van der Waals surface area (Å²) in [4.78, 5) is 53.6. The van der Waals surface area contributed by atoms with Gasteiger partial charge in [-0.05, 0) is 12.1 Å². The van der Waals surface area contributed by atoms with Crippen molar-refractivity contribution in [3.8, 4) is 0 Å². The van der Waals surface area contributed by atoms with E-state index in [9.17, 15) is 39.9 Å². The molecule has 2 aromatic carbocycles. The maximum Gasteiger partial charge on any atom is 0.339 e. The predicted octanol–water partition coefficient (Wildman–Crippen LogP) is 2.45. The molecule has 0 heterocycles. The molecule has 2 aromatic rings. The summed E-state index contributed by atoms with van der Waals surface area (Å²) < 4.78 is 4.72. The van der Waals surface area contributed by atoms with Crippen molar-refractivity contribution in [3.63, 3.8) is 0 Å². The van der Waals surface area contributed by atoms with E-state index >= 15 is 0 Å². The standard InChI is InChI=1S/C15H9N3O9/c19-14(9-1-3-11(4-2-9)16(21)22)8-27-15(20)10-5-12(17(23)24)7-13(6-10)18(25)26/h1-7H,8H2. The first-order valence-electron chi connectivity index (χ1n) is 7.07. The molecule has 27 heavy (non-hydrogen) atoms. The Morgan fingerprint density at radius 1 is 0.741 bits per heavy atom. The van der Waals surface area contributed by atoms with E-state index in [2.05, 4.69) is 0 Å². The highest BCUT2D eigenvalue weighted by Crippen LogP contribution is 2.23. The second-order valence-electron chi connectivity index (χ2n) is 5.06. The largest absolute Gasteiger partial charge is 0.454 e. The molecule has 138 valence electrons. The molecule has 0 bridgehead atoms. The van der Waals surface area contributed by atoms with Crippen molar-refractivity contribution < 1.29 is 29.1 Å². The smallest absolute Gasteiger partial charge is 0.339 e.